The van der Waals surface area contributed by atoms with E-state index in [1.54, 1.807) is 11.8 Å². The van der Waals surface area contributed by atoms with E-state index in [2.05, 4.69) is 15.5 Å². The first-order valence-electron chi connectivity index (χ1n) is 8.03. The van der Waals surface area contributed by atoms with Crippen LogP contribution in [0.1, 0.15) is 18.3 Å². The predicted octanol–water partition coefficient (Wildman–Crippen LogP) is 2.72. The second-order valence-corrected chi connectivity index (χ2v) is 6.48. The minimum absolute atomic E-state index is 0.0312. The van der Waals surface area contributed by atoms with Crippen molar-refractivity contribution in [2.75, 3.05) is 18.6 Å². The average Bonchev–Trinajstić information content (AvgIpc) is 3.08. The number of para-hydroxylation sites is 1. The first-order valence-corrected chi connectivity index (χ1v) is 9.43. The second kappa shape index (κ2) is 8.53. The van der Waals surface area contributed by atoms with E-state index < -0.39 is 0 Å². The molecule has 0 radical (unpaired) electrons. The summed E-state index contributed by atoms with van der Waals surface area (Å²) in [5.74, 6) is 2.14. The molecule has 6 nitrogen and oxygen atoms in total. The van der Waals surface area contributed by atoms with Crippen LogP contribution in [0.15, 0.2) is 54.7 Å². The van der Waals surface area contributed by atoms with E-state index >= 15 is 0 Å². The number of hydrogen-bond acceptors (Lipinski definition) is 5. The molecule has 0 saturated carbocycles. The van der Waals surface area contributed by atoms with Gasteiger partial charge < -0.3 is 10.1 Å². The Morgan fingerprint density at radius 1 is 1.20 bits per heavy atom. The van der Waals surface area contributed by atoms with Crippen LogP contribution in [0.4, 0.5) is 0 Å². The van der Waals surface area contributed by atoms with Crippen LogP contribution in [-0.4, -0.2) is 39.1 Å². The molecule has 2 aromatic heterocycles. The van der Waals surface area contributed by atoms with Crippen LogP contribution >= 0.6 is 11.8 Å². The molecule has 7 heteroatoms. The molecule has 0 unspecified atom stereocenters. The van der Waals surface area contributed by atoms with E-state index in [1.165, 1.54) is 0 Å². The Hall–Kier alpha value is -2.54. The number of ether oxygens (including phenoxy) is 1. The number of nitrogens with zero attached hydrogens (tertiary/aromatic N) is 3. The Kier molecular flexibility index (Phi) is 5.90. The lowest BCUT2D eigenvalue weighted by atomic mass is 10.2. The van der Waals surface area contributed by atoms with Gasteiger partial charge in [0.15, 0.2) is 18.1 Å². The molecule has 0 spiro atoms. The van der Waals surface area contributed by atoms with Gasteiger partial charge in [-0.25, -0.2) is 0 Å². The fourth-order valence-electron chi connectivity index (χ4n) is 2.50. The lowest BCUT2D eigenvalue weighted by molar-refractivity contribution is -0.123. The van der Waals surface area contributed by atoms with Crippen molar-refractivity contribution in [2.24, 2.45) is 0 Å². The molecular weight excluding hydrogens is 336 g/mol. The standard InChI is InChI=1S/C18H20N4O2S/c1-25-12-10-15(18-21-20-16-9-5-6-11-22(16)18)19-17(23)13-24-14-7-3-2-4-8-14/h2-9,11,15H,10,12-13H2,1H3,(H,19,23)/t15-/m0/s1. The molecule has 1 amide bonds. The first-order chi connectivity index (χ1) is 12.3. The number of benzene rings is 1. The smallest absolute Gasteiger partial charge is 0.258 e. The van der Waals surface area contributed by atoms with Crippen molar-refractivity contribution >= 4 is 23.3 Å². The monoisotopic (exact) mass is 356 g/mol. The third-order valence-electron chi connectivity index (χ3n) is 3.71. The summed E-state index contributed by atoms with van der Waals surface area (Å²) in [6, 6.07) is 14.8. The average molecular weight is 356 g/mol. The van der Waals surface area contributed by atoms with Crippen LogP contribution in [0.3, 0.4) is 0 Å². The lowest BCUT2D eigenvalue weighted by Crippen LogP contribution is -2.34. The zero-order valence-corrected chi connectivity index (χ0v) is 14.8. The fourth-order valence-corrected chi connectivity index (χ4v) is 2.97. The number of pyridine rings is 1. The highest BCUT2D eigenvalue weighted by molar-refractivity contribution is 7.98. The van der Waals surface area contributed by atoms with Crippen LogP contribution in [0.5, 0.6) is 5.75 Å². The van der Waals surface area contributed by atoms with Gasteiger partial charge in [-0.2, -0.15) is 11.8 Å². The van der Waals surface area contributed by atoms with Crippen molar-refractivity contribution in [3.63, 3.8) is 0 Å². The van der Waals surface area contributed by atoms with E-state index in [1.807, 2.05) is 65.4 Å². The molecule has 130 valence electrons. The molecule has 25 heavy (non-hydrogen) atoms. The van der Waals surface area contributed by atoms with Gasteiger partial charge in [0.25, 0.3) is 5.91 Å². The molecule has 2 heterocycles. The molecule has 1 N–H and O–H groups in total. The van der Waals surface area contributed by atoms with Gasteiger partial charge in [0.1, 0.15) is 5.75 Å². The maximum atomic E-state index is 12.3. The highest BCUT2D eigenvalue weighted by atomic mass is 32.2. The summed E-state index contributed by atoms with van der Waals surface area (Å²) in [5.41, 5.74) is 0.765. The minimum Gasteiger partial charge on any atom is -0.484 e. The van der Waals surface area contributed by atoms with Gasteiger partial charge in [-0.15, -0.1) is 10.2 Å². The Morgan fingerprint density at radius 3 is 2.80 bits per heavy atom. The highest BCUT2D eigenvalue weighted by Crippen LogP contribution is 2.18. The maximum absolute atomic E-state index is 12.3. The maximum Gasteiger partial charge on any atom is 0.258 e. The zero-order chi connectivity index (χ0) is 17.5. The van der Waals surface area contributed by atoms with Crippen molar-refractivity contribution < 1.29 is 9.53 Å². The third-order valence-corrected chi connectivity index (χ3v) is 4.35. The molecule has 0 aliphatic heterocycles. The van der Waals surface area contributed by atoms with E-state index in [9.17, 15) is 4.79 Å². The van der Waals surface area contributed by atoms with E-state index in [0.29, 0.717) is 5.75 Å². The molecule has 0 fully saturated rings. The normalized spacial score (nSPS) is 12.0. The highest BCUT2D eigenvalue weighted by Gasteiger charge is 2.20. The van der Waals surface area contributed by atoms with E-state index in [0.717, 1.165) is 23.6 Å². The molecule has 1 aromatic carbocycles. The zero-order valence-electron chi connectivity index (χ0n) is 14.0. The molecule has 3 rings (SSSR count). The van der Waals surface area contributed by atoms with Gasteiger partial charge in [0, 0.05) is 6.20 Å². The first kappa shape index (κ1) is 17.3. The van der Waals surface area contributed by atoms with Crippen molar-refractivity contribution in [1.82, 2.24) is 19.9 Å². The van der Waals surface area contributed by atoms with Gasteiger partial charge in [0.2, 0.25) is 0 Å². The second-order valence-electron chi connectivity index (χ2n) is 5.49. The van der Waals surface area contributed by atoms with E-state index in [-0.39, 0.29) is 18.6 Å². The van der Waals surface area contributed by atoms with Crippen molar-refractivity contribution in [1.29, 1.82) is 0 Å². The van der Waals surface area contributed by atoms with E-state index in [4.69, 9.17) is 4.74 Å². The van der Waals surface area contributed by atoms with Crippen LogP contribution in [-0.2, 0) is 4.79 Å². The van der Waals surface area contributed by atoms with Crippen molar-refractivity contribution in [2.45, 2.75) is 12.5 Å². The number of hydrogen-bond donors (Lipinski definition) is 1. The van der Waals surface area contributed by atoms with Gasteiger partial charge in [-0.05, 0) is 42.7 Å². The number of fused-ring (bicyclic) bond motifs is 1. The molecule has 0 aliphatic rings. The summed E-state index contributed by atoms with van der Waals surface area (Å²) in [4.78, 5) is 12.3. The molecule has 0 saturated heterocycles. The largest absolute Gasteiger partial charge is 0.484 e. The number of nitrogens with one attached hydrogen (secondary N) is 1. The topological polar surface area (TPSA) is 68.5 Å². The summed E-state index contributed by atoms with van der Waals surface area (Å²) in [6.45, 7) is -0.0312. The van der Waals surface area contributed by atoms with Gasteiger partial charge in [-0.3, -0.25) is 9.20 Å². The predicted molar refractivity (Wildman–Crippen MR) is 98.8 cm³/mol. The number of carbonyl (C=O) groups excluding carboxylic acids is 1. The minimum atomic E-state index is -0.211. The number of rotatable bonds is 8. The molecule has 0 bridgehead atoms. The number of aromatic nitrogens is 3. The summed E-state index contributed by atoms with van der Waals surface area (Å²) in [7, 11) is 0. The number of carbonyl (C=O) groups is 1. The molecular formula is C18H20N4O2S. The summed E-state index contributed by atoms with van der Waals surface area (Å²) < 4.78 is 7.42. The Morgan fingerprint density at radius 2 is 2.00 bits per heavy atom. The number of amides is 1. The summed E-state index contributed by atoms with van der Waals surface area (Å²) in [5, 5.41) is 11.5. The molecule has 1 atom stereocenters. The van der Waals surface area contributed by atoms with Crippen molar-refractivity contribution in [3.8, 4) is 5.75 Å². The van der Waals surface area contributed by atoms with Gasteiger partial charge in [-0.1, -0.05) is 24.3 Å². The Bertz CT molecular complexity index is 822. The fraction of sp³-hybridized carbons (Fsp3) is 0.278. The van der Waals surface area contributed by atoms with Crippen molar-refractivity contribution in [3.05, 3.63) is 60.6 Å². The van der Waals surface area contributed by atoms with Crippen LogP contribution in [0.2, 0.25) is 0 Å². The third kappa shape index (κ3) is 4.51. The molecule has 0 aliphatic carbocycles. The van der Waals surface area contributed by atoms with Crippen LogP contribution < -0.4 is 10.1 Å². The van der Waals surface area contributed by atoms with Gasteiger partial charge >= 0.3 is 0 Å². The Balaban J connectivity index is 1.69. The quantitative estimate of drug-likeness (QED) is 0.672. The Labute approximate surface area is 150 Å². The summed E-state index contributed by atoms with van der Waals surface area (Å²) >= 11 is 1.73. The van der Waals surface area contributed by atoms with Crippen LogP contribution in [0.25, 0.3) is 5.65 Å². The van der Waals surface area contributed by atoms with Gasteiger partial charge in [0.05, 0.1) is 6.04 Å². The molecule has 3 aromatic rings. The lowest BCUT2D eigenvalue weighted by Gasteiger charge is -2.17. The summed E-state index contributed by atoms with van der Waals surface area (Å²) in [6.07, 6.45) is 4.72. The SMILES string of the molecule is CSCC[C@H](NC(=O)COc1ccccc1)c1nnc2ccccn12. The van der Waals surface area contributed by atoms with Crippen LogP contribution in [0, 0.1) is 0 Å². The number of thioether (sulfide) groups is 1.